The third kappa shape index (κ3) is 2.42. The highest BCUT2D eigenvalue weighted by atomic mass is 79.9. The number of ether oxygens (including phenoxy) is 1. The number of halogens is 2. The number of carbonyl (C=O) groups is 1. The number of hydrogen-bond acceptors (Lipinski definition) is 3. The van der Waals surface area contributed by atoms with Gasteiger partial charge in [0.1, 0.15) is 5.54 Å². The van der Waals surface area contributed by atoms with Gasteiger partial charge in [0, 0.05) is 6.20 Å². The van der Waals surface area contributed by atoms with Crippen molar-refractivity contribution in [2.24, 2.45) is 0 Å². The Kier molecular flexibility index (Phi) is 3.63. The van der Waals surface area contributed by atoms with Gasteiger partial charge in [0.15, 0.2) is 11.6 Å². The number of rotatable bonds is 4. The lowest BCUT2D eigenvalue weighted by Gasteiger charge is -2.20. The van der Waals surface area contributed by atoms with E-state index in [9.17, 15) is 9.18 Å². The molecule has 4 rings (SSSR count). The number of aryl methyl sites for hydroxylation is 1. The molecule has 24 heavy (non-hydrogen) atoms. The highest BCUT2D eigenvalue weighted by Crippen LogP contribution is 2.45. The van der Waals surface area contributed by atoms with Crippen LogP contribution in [0.1, 0.15) is 36.4 Å². The van der Waals surface area contributed by atoms with Gasteiger partial charge < -0.3 is 10.1 Å². The van der Waals surface area contributed by atoms with Gasteiger partial charge in [-0.1, -0.05) is 0 Å². The normalized spacial score (nSPS) is 20.5. The minimum atomic E-state index is -0.584. The van der Waals surface area contributed by atoms with Crippen molar-refractivity contribution in [1.29, 1.82) is 0 Å². The molecule has 0 saturated heterocycles. The lowest BCUT2D eigenvalue weighted by atomic mass is 10.1. The number of nitrogens with one attached hydrogen (secondary N) is 1. The maximum absolute atomic E-state index is 13.8. The summed E-state index contributed by atoms with van der Waals surface area (Å²) in [4.78, 5) is 12.8. The van der Waals surface area contributed by atoms with Gasteiger partial charge in [-0.3, -0.25) is 9.48 Å². The number of aromatic nitrogens is 2. The fraction of sp³-hybridized carbons (Fsp3) is 0.412. The van der Waals surface area contributed by atoms with Crippen LogP contribution in [0.3, 0.4) is 0 Å². The van der Waals surface area contributed by atoms with Crippen molar-refractivity contribution in [3.05, 3.63) is 45.9 Å². The summed E-state index contributed by atoms with van der Waals surface area (Å²) in [5.41, 5.74) is 1.29. The number of fused-ring (bicyclic) bond motifs is 1. The van der Waals surface area contributed by atoms with E-state index >= 15 is 0 Å². The number of benzene rings is 1. The van der Waals surface area contributed by atoms with Crippen molar-refractivity contribution in [2.45, 2.75) is 37.3 Å². The number of nitrogens with zero attached hydrogens (tertiary/aromatic N) is 2. The summed E-state index contributed by atoms with van der Waals surface area (Å²) in [5.74, 6) is -0.172. The molecule has 1 saturated carbocycles. The van der Waals surface area contributed by atoms with E-state index in [1.165, 1.54) is 13.2 Å². The summed E-state index contributed by atoms with van der Waals surface area (Å²) in [6.45, 7) is 0. The Morgan fingerprint density at radius 1 is 1.50 bits per heavy atom. The molecule has 0 aliphatic heterocycles. The van der Waals surface area contributed by atoms with E-state index in [2.05, 4.69) is 26.3 Å². The second kappa shape index (κ2) is 5.58. The van der Waals surface area contributed by atoms with Crippen molar-refractivity contribution in [2.75, 3.05) is 7.11 Å². The first-order chi connectivity index (χ1) is 11.5. The second-order valence-corrected chi connectivity index (χ2v) is 7.30. The summed E-state index contributed by atoms with van der Waals surface area (Å²) in [7, 11) is 1.45. The molecule has 0 spiro atoms. The third-order valence-corrected chi connectivity index (χ3v) is 5.34. The van der Waals surface area contributed by atoms with E-state index < -0.39 is 5.54 Å². The lowest BCUT2D eigenvalue weighted by Crippen LogP contribution is -2.40. The van der Waals surface area contributed by atoms with E-state index in [0.717, 1.165) is 41.3 Å². The molecular weight excluding hydrogens is 377 g/mol. The molecule has 1 atom stereocenters. The van der Waals surface area contributed by atoms with Crippen molar-refractivity contribution < 1.29 is 13.9 Å². The zero-order chi connectivity index (χ0) is 16.9. The van der Waals surface area contributed by atoms with Crippen LogP contribution in [0, 0.1) is 5.82 Å². The van der Waals surface area contributed by atoms with Gasteiger partial charge in [-0.15, -0.1) is 0 Å². The topological polar surface area (TPSA) is 56.1 Å². The summed E-state index contributed by atoms with van der Waals surface area (Å²) >= 11 is 3.37. The maximum atomic E-state index is 13.8. The monoisotopic (exact) mass is 393 g/mol. The van der Waals surface area contributed by atoms with Crippen LogP contribution < -0.4 is 10.1 Å². The Bertz CT molecular complexity index is 816. The SMILES string of the molecule is COc1cc2c(cc1F)CCC2NC(=O)C1(n2cc(Br)cn2)CC1. The van der Waals surface area contributed by atoms with Gasteiger partial charge in [0.25, 0.3) is 0 Å². The molecule has 1 aromatic heterocycles. The quantitative estimate of drug-likeness (QED) is 0.867. The Hall–Kier alpha value is -1.89. The van der Waals surface area contributed by atoms with E-state index in [1.54, 1.807) is 16.9 Å². The number of amides is 1. The van der Waals surface area contributed by atoms with Gasteiger partial charge >= 0.3 is 0 Å². The third-order valence-electron chi connectivity index (χ3n) is 4.93. The van der Waals surface area contributed by atoms with Crippen LogP contribution in [0.5, 0.6) is 5.75 Å². The molecule has 1 fully saturated rings. The molecule has 1 amide bonds. The molecule has 7 heteroatoms. The molecule has 1 heterocycles. The summed E-state index contributed by atoms with van der Waals surface area (Å²) < 4.78 is 21.5. The van der Waals surface area contributed by atoms with Crippen LogP contribution in [0.4, 0.5) is 4.39 Å². The van der Waals surface area contributed by atoms with Crippen molar-refractivity contribution in [1.82, 2.24) is 15.1 Å². The average Bonchev–Trinajstić information content (AvgIpc) is 3.13. The minimum Gasteiger partial charge on any atom is -0.494 e. The molecule has 0 radical (unpaired) electrons. The second-order valence-electron chi connectivity index (χ2n) is 6.38. The summed E-state index contributed by atoms with van der Waals surface area (Å²) in [6, 6.07) is 3.10. The zero-order valence-electron chi connectivity index (χ0n) is 13.2. The fourth-order valence-electron chi connectivity index (χ4n) is 3.42. The Morgan fingerprint density at radius 3 is 2.92 bits per heavy atom. The largest absolute Gasteiger partial charge is 0.494 e. The molecule has 1 aromatic carbocycles. The van der Waals surface area contributed by atoms with Crippen LogP contribution in [-0.2, 0) is 16.8 Å². The summed E-state index contributed by atoms with van der Waals surface area (Å²) in [6.07, 6.45) is 6.59. The van der Waals surface area contributed by atoms with Gasteiger partial charge in [0.05, 0.1) is 23.8 Å². The highest BCUT2D eigenvalue weighted by Gasteiger charge is 2.53. The van der Waals surface area contributed by atoms with Crippen molar-refractivity contribution in [3.63, 3.8) is 0 Å². The van der Waals surface area contributed by atoms with E-state index in [-0.39, 0.29) is 23.5 Å². The first kappa shape index (κ1) is 15.6. The van der Waals surface area contributed by atoms with Crippen LogP contribution in [0.2, 0.25) is 0 Å². The van der Waals surface area contributed by atoms with Crippen LogP contribution in [0.25, 0.3) is 0 Å². The van der Waals surface area contributed by atoms with Gasteiger partial charge in [-0.05, 0) is 64.9 Å². The summed E-state index contributed by atoms with van der Waals surface area (Å²) in [5, 5.41) is 7.39. The minimum absolute atomic E-state index is 0.0285. The van der Waals surface area contributed by atoms with Crippen molar-refractivity contribution >= 4 is 21.8 Å². The van der Waals surface area contributed by atoms with E-state index in [0.29, 0.717) is 0 Å². The predicted octanol–water partition coefficient (Wildman–Crippen LogP) is 3.09. The van der Waals surface area contributed by atoms with Crippen LogP contribution in [-0.4, -0.2) is 22.8 Å². The lowest BCUT2D eigenvalue weighted by molar-refractivity contribution is -0.126. The van der Waals surface area contributed by atoms with E-state index in [4.69, 9.17) is 4.74 Å². The molecule has 1 N–H and O–H groups in total. The first-order valence-electron chi connectivity index (χ1n) is 7.91. The highest BCUT2D eigenvalue weighted by molar-refractivity contribution is 9.10. The predicted molar refractivity (Wildman–Crippen MR) is 89.3 cm³/mol. The molecule has 1 unspecified atom stereocenters. The zero-order valence-corrected chi connectivity index (χ0v) is 14.8. The first-order valence-corrected chi connectivity index (χ1v) is 8.71. The standard InChI is InChI=1S/C17H17BrFN3O2/c1-24-15-7-12-10(6-13(15)19)2-3-14(12)21-16(23)17(4-5-17)22-9-11(18)8-20-22/h6-9,14H,2-5H2,1H3,(H,21,23). The van der Waals surface area contributed by atoms with Crippen LogP contribution in [0.15, 0.2) is 29.0 Å². The molecule has 2 aromatic rings. The molecule has 126 valence electrons. The molecule has 2 aliphatic carbocycles. The molecule has 2 aliphatic rings. The smallest absolute Gasteiger partial charge is 0.248 e. The van der Waals surface area contributed by atoms with Crippen LogP contribution >= 0.6 is 15.9 Å². The Balaban J connectivity index is 1.57. The van der Waals surface area contributed by atoms with Crippen molar-refractivity contribution in [3.8, 4) is 5.75 Å². The average molecular weight is 394 g/mol. The molecular formula is C17H17BrFN3O2. The fourth-order valence-corrected chi connectivity index (χ4v) is 3.70. The van der Waals surface area contributed by atoms with Gasteiger partial charge in [-0.2, -0.15) is 5.10 Å². The molecule has 5 nitrogen and oxygen atoms in total. The molecule has 0 bridgehead atoms. The Morgan fingerprint density at radius 2 is 2.29 bits per heavy atom. The number of carbonyl (C=O) groups excluding carboxylic acids is 1. The van der Waals surface area contributed by atoms with Gasteiger partial charge in [-0.25, -0.2) is 4.39 Å². The number of hydrogen-bond donors (Lipinski definition) is 1. The maximum Gasteiger partial charge on any atom is 0.248 e. The van der Waals surface area contributed by atoms with E-state index in [1.807, 2.05) is 6.20 Å². The Labute approximate surface area is 147 Å². The van der Waals surface area contributed by atoms with Gasteiger partial charge in [0.2, 0.25) is 5.91 Å². The number of methoxy groups -OCH3 is 1.